The van der Waals surface area contributed by atoms with Gasteiger partial charge in [-0.05, 0) is 31.5 Å². The number of carbonyl (C=O) groups is 3. The quantitative estimate of drug-likeness (QED) is 0.315. The summed E-state index contributed by atoms with van der Waals surface area (Å²) in [5.74, 6) is -1.77. The fourth-order valence-corrected chi connectivity index (χ4v) is 5.06. The summed E-state index contributed by atoms with van der Waals surface area (Å²) >= 11 is 2.04. The first-order valence-corrected chi connectivity index (χ1v) is 11.3. The van der Waals surface area contributed by atoms with Gasteiger partial charge in [0.2, 0.25) is 5.91 Å². The molecule has 0 spiro atoms. The number of benzene rings is 1. The highest BCUT2D eigenvalue weighted by molar-refractivity contribution is 7.99. The Labute approximate surface area is 191 Å². The molecular weight excluding hydrogens is 454 g/mol. The van der Waals surface area contributed by atoms with Crippen LogP contribution in [0.15, 0.2) is 34.2 Å². The van der Waals surface area contributed by atoms with Crippen LogP contribution in [0.3, 0.4) is 0 Å². The number of methoxy groups -OCH3 is 2. The van der Waals surface area contributed by atoms with E-state index in [1.807, 2.05) is 6.92 Å². The number of carbonyl (C=O) groups excluding carboxylic acids is 3. The van der Waals surface area contributed by atoms with Gasteiger partial charge in [-0.15, -0.1) is 11.3 Å². The first kappa shape index (κ1) is 23.5. The van der Waals surface area contributed by atoms with Crippen molar-refractivity contribution in [3.8, 4) is 0 Å². The lowest BCUT2D eigenvalue weighted by molar-refractivity contribution is -0.113. The Morgan fingerprint density at radius 2 is 1.84 bits per heavy atom. The number of fused-ring (bicyclic) bond motifs is 1. The molecule has 0 aliphatic carbocycles. The number of hydrogen-bond acceptors (Lipinski definition) is 9. The van der Waals surface area contributed by atoms with Crippen LogP contribution in [0.1, 0.15) is 32.5 Å². The Morgan fingerprint density at radius 3 is 2.50 bits per heavy atom. The highest BCUT2D eigenvalue weighted by atomic mass is 32.2. The third-order valence-electron chi connectivity index (χ3n) is 4.64. The van der Waals surface area contributed by atoms with E-state index in [4.69, 9.17) is 9.47 Å². The summed E-state index contributed by atoms with van der Waals surface area (Å²) < 4.78 is 11.0. The van der Waals surface area contributed by atoms with E-state index in [1.54, 1.807) is 31.2 Å². The van der Waals surface area contributed by atoms with Crippen LogP contribution in [0.2, 0.25) is 0 Å². The summed E-state index contributed by atoms with van der Waals surface area (Å²) in [7, 11) is 2.45. The molecule has 0 unspecified atom stereocenters. The molecule has 9 nitrogen and oxygen atoms in total. The second-order valence-corrected chi connectivity index (χ2v) is 8.50. The number of nitrogens with one attached hydrogen (secondary N) is 1. The van der Waals surface area contributed by atoms with Gasteiger partial charge in [0.15, 0.2) is 5.16 Å². The fraction of sp³-hybridized carbons (Fsp3) is 0.286. The molecule has 1 N–H and O–H groups in total. The minimum Gasteiger partial charge on any atom is -0.465 e. The normalized spacial score (nSPS) is 10.8. The maximum absolute atomic E-state index is 12.7. The zero-order valence-electron chi connectivity index (χ0n) is 17.9. The maximum atomic E-state index is 12.7. The molecule has 0 aliphatic rings. The number of ether oxygens (including phenoxy) is 2. The van der Waals surface area contributed by atoms with Gasteiger partial charge in [0.25, 0.3) is 5.56 Å². The number of rotatable bonds is 7. The minimum atomic E-state index is -0.673. The van der Waals surface area contributed by atoms with Crippen LogP contribution in [0.4, 0.5) is 5.00 Å². The Kier molecular flexibility index (Phi) is 7.31. The number of esters is 2. The summed E-state index contributed by atoms with van der Waals surface area (Å²) in [4.78, 5) is 54.3. The van der Waals surface area contributed by atoms with Gasteiger partial charge in [-0.2, -0.15) is 0 Å². The Bertz CT molecular complexity index is 1260. The highest BCUT2D eigenvalue weighted by Crippen LogP contribution is 2.34. The third kappa shape index (κ3) is 4.53. The van der Waals surface area contributed by atoms with Crippen molar-refractivity contribution in [2.75, 3.05) is 25.3 Å². The average molecular weight is 476 g/mol. The Balaban J connectivity index is 1.85. The molecule has 1 amide bonds. The average Bonchev–Trinajstić information content (AvgIpc) is 3.12. The number of para-hydroxylation sites is 1. The fourth-order valence-electron chi connectivity index (χ4n) is 3.07. The van der Waals surface area contributed by atoms with Gasteiger partial charge in [-0.25, -0.2) is 14.6 Å². The van der Waals surface area contributed by atoms with E-state index in [-0.39, 0.29) is 26.8 Å². The molecule has 0 saturated carbocycles. The Hall–Kier alpha value is -3.18. The summed E-state index contributed by atoms with van der Waals surface area (Å²) in [6.07, 6.45) is 0. The third-order valence-corrected chi connectivity index (χ3v) is 6.80. The molecule has 168 valence electrons. The summed E-state index contributed by atoms with van der Waals surface area (Å²) in [5.41, 5.74) is 0.846. The zero-order valence-corrected chi connectivity index (χ0v) is 19.5. The molecule has 2 aromatic heterocycles. The van der Waals surface area contributed by atoms with Crippen LogP contribution >= 0.6 is 23.1 Å². The molecule has 0 atom stereocenters. The summed E-state index contributed by atoms with van der Waals surface area (Å²) in [6.45, 7) is 3.81. The van der Waals surface area contributed by atoms with Gasteiger partial charge in [-0.1, -0.05) is 23.9 Å². The van der Waals surface area contributed by atoms with Crippen molar-refractivity contribution in [1.29, 1.82) is 0 Å². The van der Waals surface area contributed by atoms with Crippen molar-refractivity contribution < 1.29 is 23.9 Å². The van der Waals surface area contributed by atoms with Crippen molar-refractivity contribution >= 4 is 56.8 Å². The van der Waals surface area contributed by atoms with Crippen molar-refractivity contribution in [2.24, 2.45) is 0 Å². The molecule has 32 heavy (non-hydrogen) atoms. The topological polar surface area (TPSA) is 117 Å². The molecule has 0 radical (unpaired) electrons. The number of aromatic nitrogens is 2. The standard InChI is InChI=1S/C21H21N3O6S2/c1-5-24-18(26)12-8-6-7-9-13(12)22-21(24)31-10-14(25)23-17-15(19(27)29-3)11(2)16(32-17)20(28)30-4/h6-9H,5,10H2,1-4H3,(H,23,25). The molecule has 3 rings (SSSR count). The van der Waals surface area contributed by atoms with Crippen LogP contribution in [0, 0.1) is 6.92 Å². The molecule has 3 aromatic rings. The number of amides is 1. The summed E-state index contributed by atoms with van der Waals surface area (Å²) in [6, 6.07) is 7.02. The van der Waals surface area contributed by atoms with Gasteiger partial charge in [0.05, 0.1) is 36.4 Å². The van der Waals surface area contributed by atoms with E-state index in [1.165, 1.54) is 18.8 Å². The Morgan fingerprint density at radius 1 is 1.16 bits per heavy atom. The second-order valence-electron chi connectivity index (χ2n) is 6.54. The number of nitrogens with zero attached hydrogens (tertiary/aromatic N) is 2. The molecule has 0 aliphatic heterocycles. The van der Waals surface area contributed by atoms with E-state index in [2.05, 4.69) is 10.3 Å². The SMILES string of the molecule is CCn1c(SCC(=O)Nc2sc(C(=O)OC)c(C)c2C(=O)OC)nc2ccccc2c1=O. The maximum Gasteiger partial charge on any atom is 0.348 e. The molecular formula is C21H21N3O6S2. The van der Waals surface area contributed by atoms with Gasteiger partial charge in [-0.3, -0.25) is 14.2 Å². The largest absolute Gasteiger partial charge is 0.465 e. The molecule has 0 bridgehead atoms. The monoisotopic (exact) mass is 475 g/mol. The first-order valence-electron chi connectivity index (χ1n) is 9.54. The highest BCUT2D eigenvalue weighted by Gasteiger charge is 2.27. The predicted octanol–water partition coefficient (Wildman–Crippen LogP) is 3.09. The lowest BCUT2D eigenvalue weighted by Crippen LogP contribution is -2.23. The van der Waals surface area contributed by atoms with E-state index < -0.39 is 17.8 Å². The van der Waals surface area contributed by atoms with Crippen molar-refractivity contribution in [3.05, 3.63) is 50.6 Å². The lowest BCUT2D eigenvalue weighted by Gasteiger charge is -2.11. The molecule has 2 heterocycles. The first-order chi connectivity index (χ1) is 15.3. The smallest absolute Gasteiger partial charge is 0.348 e. The number of anilines is 1. The molecule has 0 saturated heterocycles. The van der Waals surface area contributed by atoms with Gasteiger partial charge in [0, 0.05) is 6.54 Å². The van der Waals surface area contributed by atoms with Crippen molar-refractivity contribution in [3.63, 3.8) is 0 Å². The lowest BCUT2D eigenvalue weighted by atomic mass is 10.1. The van der Waals surface area contributed by atoms with Crippen LogP contribution < -0.4 is 10.9 Å². The van der Waals surface area contributed by atoms with E-state index in [0.717, 1.165) is 23.1 Å². The zero-order chi connectivity index (χ0) is 23.4. The van der Waals surface area contributed by atoms with Crippen LogP contribution in [0.5, 0.6) is 0 Å². The summed E-state index contributed by atoms with van der Waals surface area (Å²) in [5, 5.41) is 3.78. The molecule has 1 aromatic carbocycles. The predicted molar refractivity (Wildman–Crippen MR) is 123 cm³/mol. The number of thioether (sulfide) groups is 1. The minimum absolute atomic E-state index is 0.0596. The van der Waals surface area contributed by atoms with Crippen LogP contribution in [-0.4, -0.2) is 47.4 Å². The van der Waals surface area contributed by atoms with E-state index >= 15 is 0 Å². The number of hydrogen-bond donors (Lipinski definition) is 1. The van der Waals surface area contributed by atoms with Crippen molar-refractivity contribution in [1.82, 2.24) is 9.55 Å². The van der Waals surface area contributed by atoms with Gasteiger partial charge >= 0.3 is 11.9 Å². The second kappa shape index (κ2) is 9.96. The van der Waals surface area contributed by atoms with Gasteiger partial charge in [0.1, 0.15) is 9.88 Å². The molecule has 11 heteroatoms. The molecule has 0 fully saturated rings. The number of thiophene rings is 1. The van der Waals surface area contributed by atoms with Crippen molar-refractivity contribution in [2.45, 2.75) is 25.5 Å². The van der Waals surface area contributed by atoms with E-state index in [0.29, 0.717) is 28.2 Å². The van der Waals surface area contributed by atoms with Crippen LogP contribution in [-0.2, 0) is 20.8 Å². The van der Waals surface area contributed by atoms with Crippen LogP contribution in [0.25, 0.3) is 10.9 Å². The van der Waals surface area contributed by atoms with Gasteiger partial charge < -0.3 is 14.8 Å². The van der Waals surface area contributed by atoms with E-state index in [9.17, 15) is 19.2 Å².